The zero-order valence-corrected chi connectivity index (χ0v) is 9.42. The molecule has 3 rings (SSSR count). The normalized spacial score (nSPS) is 36.1. The van der Waals surface area contributed by atoms with E-state index in [0.29, 0.717) is 19.6 Å². The molecule has 0 amide bonds. The van der Waals surface area contributed by atoms with Crippen molar-refractivity contribution in [3.8, 4) is 0 Å². The SMILES string of the molecule is F[C@@H]1C[C@H](OCc2ccccc2)[C@H]2CO[C@@H]1O2. The van der Waals surface area contributed by atoms with E-state index in [1.807, 2.05) is 30.3 Å². The molecule has 3 nitrogen and oxygen atoms in total. The summed E-state index contributed by atoms with van der Waals surface area (Å²) < 4.78 is 29.8. The van der Waals surface area contributed by atoms with Gasteiger partial charge in [-0.15, -0.1) is 0 Å². The van der Waals surface area contributed by atoms with Gasteiger partial charge in [0.05, 0.1) is 19.3 Å². The molecule has 2 fully saturated rings. The number of ether oxygens (including phenoxy) is 3. The lowest BCUT2D eigenvalue weighted by molar-refractivity contribution is -0.173. The molecule has 0 unspecified atom stereocenters. The van der Waals surface area contributed by atoms with Gasteiger partial charge in [0.1, 0.15) is 6.10 Å². The molecule has 2 aliphatic heterocycles. The number of rotatable bonds is 3. The van der Waals surface area contributed by atoms with Crippen molar-refractivity contribution in [3.63, 3.8) is 0 Å². The highest BCUT2D eigenvalue weighted by molar-refractivity contribution is 5.13. The lowest BCUT2D eigenvalue weighted by Crippen LogP contribution is -2.41. The molecule has 2 aliphatic rings. The van der Waals surface area contributed by atoms with Gasteiger partial charge < -0.3 is 14.2 Å². The minimum atomic E-state index is -1.07. The standard InChI is InChI=1S/C13H15FO3/c14-10-6-11(12-8-16-13(10)17-12)15-7-9-4-2-1-3-5-9/h1-5,10-13H,6-8H2/t10-,11+,12-,13-/m1/s1. The van der Waals surface area contributed by atoms with Gasteiger partial charge in [-0.3, -0.25) is 0 Å². The molecule has 17 heavy (non-hydrogen) atoms. The molecular weight excluding hydrogens is 223 g/mol. The van der Waals surface area contributed by atoms with Gasteiger partial charge >= 0.3 is 0 Å². The molecule has 2 saturated heterocycles. The fourth-order valence-corrected chi connectivity index (χ4v) is 2.26. The summed E-state index contributed by atoms with van der Waals surface area (Å²) in [6, 6.07) is 9.86. The topological polar surface area (TPSA) is 27.7 Å². The Morgan fingerprint density at radius 3 is 2.94 bits per heavy atom. The highest BCUT2D eigenvalue weighted by Crippen LogP contribution is 2.31. The van der Waals surface area contributed by atoms with E-state index < -0.39 is 12.5 Å². The number of hydrogen-bond acceptors (Lipinski definition) is 3. The Bertz CT molecular complexity index is 370. The number of alkyl halides is 1. The van der Waals surface area contributed by atoms with Crippen LogP contribution < -0.4 is 0 Å². The fraction of sp³-hybridized carbons (Fsp3) is 0.538. The van der Waals surface area contributed by atoms with Crippen LogP contribution in [-0.2, 0) is 20.8 Å². The predicted molar refractivity (Wildman–Crippen MR) is 59.1 cm³/mol. The molecule has 0 radical (unpaired) electrons. The molecular formula is C13H15FO3. The summed E-state index contributed by atoms with van der Waals surface area (Å²) in [4.78, 5) is 0. The van der Waals surface area contributed by atoms with Gasteiger partial charge in [0.25, 0.3) is 0 Å². The summed E-state index contributed by atoms with van der Waals surface area (Å²) in [5.41, 5.74) is 1.09. The maximum absolute atomic E-state index is 13.5. The van der Waals surface area contributed by atoms with Crippen molar-refractivity contribution in [3.05, 3.63) is 35.9 Å². The Morgan fingerprint density at radius 1 is 1.29 bits per heavy atom. The van der Waals surface area contributed by atoms with Crippen LogP contribution in [0.2, 0.25) is 0 Å². The van der Waals surface area contributed by atoms with E-state index in [1.54, 1.807) is 0 Å². The van der Waals surface area contributed by atoms with E-state index in [-0.39, 0.29) is 12.2 Å². The van der Waals surface area contributed by atoms with E-state index >= 15 is 0 Å². The third kappa shape index (κ3) is 2.34. The molecule has 0 spiro atoms. The maximum atomic E-state index is 13.5. The molecule has 1 aromatic carbocycles. The predicted octanol–water partition coefficient (Wildman–Crippen LogP) is 2.06. The van der Waals surface area contributed by atoms with Crippen molar-refractivity contribution in [2.24, 2.45) is 0 Å². The first kappa shape index (κ1) is 11.1. The van der Waals surface area contributed by atoms with E-state index in [1.165, 1.54) is 0 Å². The van der Waals surface area contributed by atoms with Crippen LogP contribution in [0, 0.1) is 0 Å². The average molecular weight is 238 g/mol. The summed E-state index contributed by atoms with van der Waals surface area (Å²) in [6.07, 6.45) is -1.70. The quantitative estimate of drug-likeness (QED) is 0.806. The summed E-state index contributed by atoms with van der Waals surface area (Å²) in [6.45, 7) is 0.924. The second kappa shape index (κ2) is 4.72. The molecule has 1 aromatic rings. The van der Waals surface area contributed by atoms with E-state index in [9.17, 15) is 4.39 Å². The zero-order valence-electron chi connectivity index (χ0n) is 9.42. The van der Waals surface area contributed by atoms with Gasteiger partial charge in [-0.2, -0.15) is 0 Å². The molecule has 0 aromatic heterocycles. The highest BCUT2D eigenvalue weighted by Gasteiger charge is 2.44. The Kier molecular flexibility index (Phi) is 3.09. The Morgan fingerprint density at radius 2 is 2.12 bits per heavy atom. The van der Waals surface area contributed by atoms with Gasteiger partial charge in [-0.1, -0.05) is 30.3 Å². The van der Waals surface area contributed by atoms with E-state index in [0.717, 1.165) is 5.56 Å². The number of halogens is 1. The van der Waals surface area contributed by atoms with Crippen molar-refractivity contribution in [1.82, 2.24) is 0 Å². The van der Waals surface area contributed by atoms with Crippen molar-refractivity contribution in [1.29, 1.82) is 0 Å². The molecule has 92 valence electrons. The fourth-order valence-electron chi connectivity index (χ4n) is 2.26. The number of fused-ring (bicyclic) bond motifs is 2. The van der Waals surface area contributed by atoms with Crippen LogP contribution in [0.15, 0.2) is 30.3 Å². The van der Waals surface area contributed by atoms with E-state index in [2.05, 4.69) is 0 Å². The van der Waals surface area contributed by atoms with Crippen LogP contribution in [0.1, 0.15) is 12.0 Å². The van der Waals surface area contributed by atoms with Gasteiger partial charge in [0, 0.05) is 6.42 Å². The summed E-state index contributed by atoms with van der Waals surface area (Å²) >= 11 is 0. The van der Waals surface area contributed by atoms with Crippen molar-refractivity contribution < 1.29 is 18.6 Å². The number of benzene rings is 1. The third-order valence-electron chi connectivity index (χ3n) is 3.21. The lowest BCUT2D eigenvalue weighted by atomic mass is 10.1. The minimum Gasteiger partial charge on any atom is -0.371 e. The van der Waals surface area contributed by atoms with Crippen molar-refractivity contribution in [2.45, 2.75) is 37.7 Å². The Labute approximate surface area is 99.5 Å². The van der Waals surface area contributed by atoms with Crippen LogP contribution in [0.3, 0.4) is 0 Å². The monoisotopic (exact) mass is 238 g/mol. The minimum absolute atomic E-state index is 0.115. The van der Waals surface area contributed by atoms with Crippen LogP contribution in [0.25, 0.3) is 0 Å². The first-order valence-electron chi connectivity index (χ1n) is 5.89. The molecule has 0 N–H and O–H groups in total. The molecule has 0 aliphatic carbocycles. The molecule has 4 heteroatoms. The first-order chi connectivity index (χ1) is 8.33. The van der Waals surface area contributed by atoms with Crippen LogP contribution in [0.5, 0.6) is 0 Å². The summed E-state index contributed by atoms with van der Waals surface area (Å²) in [5, 5.41) is 0. The highest BCUT2D eigenvalue weighted by atomic mass is 19.1. The van der Waals surface area contributed by atoms with Gasteiger partial charge in [0.15, 0.2) is 12.5 Å². The van der Waals surface area contributed by atoms with Crippen LogP contribution in [0.4, 0.5) is 4.39 Å². The molecule has 4 atom stereocenters. The zero-order chi connectivity index (χ0) is 11.7. The second-order valence-electron chi connectivity index (χ2n) is 4.46. The van der Waals surface area contributed by atoms with Crippen molar-refractivity contribution in [2.75, 3.05) is 6.61 Å². The summed E-state index contributed by atoms with van der Waals surface area (Å²) in [5.74, 6) is 0. The largest absolute Gasteiger partial charge is 0.371 e. The average Bonchev–Trinajstić information content (AvgIpc) is 2.80. The smallest absolute Gasteiger partial charge is 0.189 e. The van der Waals surface area contributed by atoms with Gasteiger partial charge in [-0.25, -0.2) is 4.39 Å². The Balaban J connectivity index is 1.58. The molecule has 0 saturated carbocycles. The maximum Gasteiger partial charge on any atom is 0.189 e. The van der Waals surface area contributed by atoms with E-state index in [4.69, 9.17) is 14.2 Å². The van der Waals surface area contributed by atoms with Crippen LogP contribution in [-0.4, -0.2) is 31.3 Å². The van der Waals surface area contributed by atoms with Gasteiger partial charge in [0.2, 0.25) is 0 Å². The van der Waals surface area contributed by atoms with Crippen molar-refractivity contribution >= 4 is 0 Å². The van der Waals surface area contributed by atoms with Gasteiger partial charge in [-0.05, 0) is 5.56 Å². The summed E-state index contributed by atoms with van der Waals surface area (Å²) in [7, 11) is 0. The molecule has 2 heterocycles. The first-order valence-corrected chi connectivity index (χ1v) is 5.89. The number of hydrogen-bond donors (Lipinski definition) is 0. The van der Waals surface area contributed by atoms with Crippen LogP contribution >= 0.6 is 0 Å². The lowest BCUT2D eigenvalue weighted by Gasteiger charge is -2.29. The molecule has 2 bridgehead atoms. The third-order valence-corrected chi connectivity index (χ3v) is 3.21. The second-order valence-corrected chi connectivity index (χ2v) is 4.46. The Hall–Kier alpha value is -0.970.